The molecule has 2 heterocycles. The van der Waals surface area contributed by atoms with E-state index in [1.54, 1.807) is 24.3 Å². The molecule has 1 atom stereocenters. The Balaban J connectivity index is 1.51. The van der Waals surface area contributed by atoms with Crippen LogP contribution in [0.5, 0.6) is 0 Å². The van der Waals surface area contributed by atoms with Crippen molar-refractivity contribution in [1.29, 1.82) is 5.26 Å². The normalized spacial score (nSPS) is 14.8. The number of nitriles is 1. The van der Waals surface area contributed by atoms with Crippen LogP contribution in [0.2, 0.25) is 5.02 Å². The molecule has 1 saturated carbocycles. The van der Waals surface area contributed by atoms with Crippen LogP contribution in [-0.4, -0.2) is 26.5 Å². The maximum Gasteiger partial charge on any atom is 0.242 e. The van der Waals surface area contributed by atoms with Gasteiger partial charge in [-0.05, 0) is 42.2 Å². The van der Waals surface area contributed by atoms with Gasteiger partial charge in [-0.2, -0.15) is 15.2 Å². The van der Waals surface area contributed by atoms with Crippen molar-refractivity contribution >= 4 is 29.3 Å². The molecule has 176 valence electrons. The van der Waals surface area contributed by atoms with Gasteiger partial charge in [-0.25, -0.2) is 0 Å². The van der Waals surface area contributed by atoms with Crippen molar-refractivity contribution in [2.24, 2.45) is 5.92 Å². The first-order chi connectivity index (χ1) is 16.5. The van der Waals surface area contributed by atoms with Gasteiger partial charge in [-0.1, -0.05) is 49.8 Å². The molecule has 3 aromatic rings. The second-order valence-corrected chi connectivity index (χ2v) is 9.04. The number of nitrogens with one attached hydrogen (secondary N) is 2. The van der Waals surface area contributed by atoms with Crippen molar-refractivity contribution in [3.63, 3.8) is 0 Å². The van der Waals surface area contributed by atoms with Crippen LogP contribution >= 0.6 is 11.6 Å². The van der Waals surface area contributed by atoms with Crippen molar-refractivity contribution < 1.29 is 4.79 Å². The zero-order valence-corrected chi connectivity index (χ0v) is 19.6. The minimum absolute atomic E-state index is 0.134. The third-order valence-corrected chi connectivity index (χ3v) is 6.52. The fraction of sp³-hybridized carbons (Fsp3) is 0.360. The summed E-state index contributed by atoms with van der Waals surface area (Å²) in [6, 6.07) is 12.2. The summed E-state index contributed by atoms with van der Waals surface area (Å²) in [5, 5.41) is 15.8. The van der Waals surface area contributed by atoms with Crippen LogP contribution < -0.4 is 16.4 Å². The molecular formula is C25H28ClN7O. The van der Waals surface area contributed by atoms with Gasteiger partial charge in [0.15, 0.2) is 0 Å². The Bertz CT molecular complexity index is 1170. The maximum atomic E-state index is 13.3. The van der Waals surface area contributed by atoms with Gasteiger partial charge in [0.2, 0.25) is 11.9 Å². The van der Waals surface area contributed by atoms with Gasteiger partial charge < -0.3 is 20.9 Å². The highest BCUT2D eigenvalue weighted by molar-refractivity contribution is 6.31. The van der Waals surface area contributed by atoms with Crippen molar-refractivity contribution in [3.05, 3.63) is 64.9 Å². The summed E-state index contributed by atoms with van der Waals surface area (Å²) in [6.45, 7) is 0.271. The molecule has 0 unspecified atom stereocenters. The number of rotatable bonds is 8. The molecule has 0 aliphatic heterocycles. The molecule has 1 fully saturated rings. The number of carbonyl (C=O) groups is 1. The number of aromatic nitrogens is 3. The predicted molar refractivity (Wildman–Crippen MR) is 132 cm³/mol. The highest BCUT2D eigenvalue weighted by atomic mass is 35.5. The van der Waals surface area contributed by atoms with E-state index in [0.717, 1.165) is 18.4 Å². The Hall–Kier alpha value is -3.57. The molecular weight excluding hydrogens is 450 g/mol. The number of nitrogens with zero attached hydrogens (tertiary/aromatic N) is 4. The van der Waals surface area contributed by atoms with Crippen molar-refractivity contribution in [2.75, 3.05) is 11.1 Å². The molecule has 4 N–H and O–H groups in total. The predicted octanol–water partition coefficient (Wildman–Crippen LogP) is 4.44. The average Bonchev–Trinajstić information content (AvgIpc) is 3.38. The lowest BCUT2D eigenvalue weighted by Crippen LogP contribution is -2.41. The van der Waals surface area contributed by atoms with Crippen LogP contribution in [0.1, 0.15) is 49.7 Å². The molecule has 34 heavy (non-hydrogen) atoms. The quantitative estimate of drug-likeness (QED) is 0.440. The largest absolute Gasteiger partial charge is 0.368 e. The third-order valence-electron chi connectivity index (χ3n) is 6.17. The molecule has 0 spiro atoms. The number of amides is 1. The van der Waals surface area contributed by atoms with Gasteiger partial charge in [0, 0.05) is 30.0 Å². The number of halogens is 1. The van der Waals surface area contributed by atoms with E-state index in [-0.39, 0.29) is 18.4 Å². The molecule has 0 saturated heterocycles. The number of anilines is 2. The lowest BCUT2D eigenvalue weighted by Gasteiger charge is -2.27. The zero-order chi connectivity index (χ0) is 23.9. The Labute approximate surface area is 204 Å². The molecule has 9 heteroatoms. The highest BCUT2D eigenvalue weighted by Gasteiger charge is 2.25. The van der Waals surface area contributed by atoms with E-state index in [1.165, 1.54) is 19.3 Å². The van der Waals surface area contributed by atoms with Crippen LogP contribution in [0.3, 0.4) is 0 Å². The third kappa shape index (κ3) is 6.06. The standard InChI is InChI=1S/C25H28ClN7O/c26-20-12-18(15-27)8-9-19(20)16-29-24(34)21(13-17-6-2-1-3-7-17)30-22-14-23(32-25(28)31-22)33-10-4-5-11-33/h4-5,8-12,14,17,21H,1-3,6-7,13,16H2,(H,29,34)(H3,28,30,31,32)/t21-/m1/s1. The van der Waals surface area contributed by atoms with Gasteiger partial charge >= 0.3 is 0 Å². The van der Waals surface area contributed by atoms with Gasteiger partial charge in [-0.3, -0.25) is 4.79 Å². The van der Waals surface area contributed by atoms with Gasteiger partial charge in [-0.15, -0.1) is 0 Å². The van der Waals surface area contributed by atoms with E-state index < -0.39 is 6.04 Å². The summed E-state index contributed by atoms with van der Waals surface area (Å²) in [4.78, 5) is 21.9. The molecule has 1 aliphatic rings. The molecule has 4 rings (SSSR count). The van der Waals surface area contributed by atoms with E-state index in [1.807, 2.05) is 29.1 Å². The summed E-state index contributed by atoms with van der Waals surface area (Å²) in [5.74, 6) is 1.60. The second-order valence-electron chi connectivity index (χ2n) is 8.63. The van der Waals surface area contributed by atoms with Gasteiger partial charge in [0.1, 0.15) is 17.7 Å². The summed E-state index contributed by atoms with van der Waals surface area (Å²) in [5.41, 5.74) is 7.20. The Morgan fingerprint density at radius 3 is 2.68 bits per heavy atom. The molecule has 1 aromatic carbocycles. The highest BCUT2D eigenvalue weighted by Crippen LogP contribution is 2.28. The van der Waals surface area contributed by atoms with Gasteiger partial charge in [0.05, 0.1) is 11.6 Å². The lowest BCUT2D eigenvalue weighted by atomic mass is 9.84. The van der Waals surface area contributed by atoms with Crippen molar-refractivity contribution in [2.45, 2.75) is 51.1 Å². The summed E-state index contributed by atoms with van der Waals surface area (Å²) >= 11 is 6.29. The molecule has 1 amide bonds. The van der Waals surface area contributed by atoms with E-state index in [0.29, 0.717) is 34.6 Å². The molecule has 0 radical (unpaired) electrons. The van der Waals surface area contributed by atoms with E-state index in [2.05, 4.69) is 26.7 Å². The smallest absolute Gasteiger partial charge is 0.242 e. The summed E-state index contributed by atoms with van der Waals surface area (Å²) < 4.78 is 1.84. The van der Waals surface area contributed by atoms with Crippen LogP contribution in [0.15, 0.2) is 48.8 Å². The van der Waals surface area contributed by atoms with Crippen LogP contribution in [0, 0.1) is 17.2 Å². The summed E-state index contributed by atoms with van der Waals surface area (Å²) in [7, 11) is 0. The number of nitrogens with two attached hydrogens (primary N) is 1. The fourth-order valence-corrected chi connectivity index (χ4v) is 4.63. The first kappa shape index (κ1) is 23.6. The van der Waals surface area contributed by atoms with Crippen molar-refractivity contribution in [1.82, 2.24) is 19.9 Å². The first-order valence-corrected chi connectivity index (χ1v) is 11.9. The lowest BCUT2D eigenvalue weighted by molar-refractivity contribution is -0.122. The fourth-order valence-electron chi connectivity index (χ4n) is 4.38. The Morgan fingerprint density at radius 1 is 1.21 bits per heavy atom. The zero-order valence-electron chi connectivity index (χ0n) is 18.9. The molecule has 8 nitrogen and oxygen atoms in total. The minimum atomic E-state index is -0.480. The molecule has 0 bridgehead atoms. The summed E-state index contributed by atoms with van der Waals surface area (Å²) in [6.07, 6.45) is 10.3. The number of hydrogen-bond donors (Lipinski definition) is 3. The van der Waals surface area contributed by atoms with Gasteiger partial charge in [0.25, 0.3) is 0 Å². The van der Waals surface area contributed by atoms with Crippen molar-refractivity contribution in [3.8, 4) is 11.9 Å². The van der Waals surface area contributed by atoms with Crippen LogP contribution in [-0.2, 0) is 11.3 Å². The topological polar surface area (TPSA) is 122 Å². The van der Waals surface area contributed by atoms with E-state index in [9.17, 15) is 4.79 Å². The monoisotopic (exact) mass is 477 g/mol. The van der Waals surface area contributed by atoms with Crippen LogP contribution in [0.25, 0.3) is 5.82 Å². The number of carbonyl (C=O) groups excluding carboxylic acids is 1. The number of nitrogen functional groups attached to an aromatic ring is 1. The molecule has 1 aliphatic carbocycles. The first-order valence-electron chi connectivity index (χ1n) is 11.5. The van der Waals surface area contributed by atoms with E-state index in [4.69, 9.17) is 22.6 Å². The number of benzene rings is 1. The Morgan fingerprint density at radius 2 is 1.97 bits per heavy atom. The van der Waals surface area contributed by atoms with Crippen LogP contribution in [0.4, 0.5) is 11.8 Å². The minimum Gasteiger partial charge on any atom is -0.368 e. The average molecular weight is 478 g/mol. The molecule has 2 aromatic heterocycles. The maximum absolute atomic E-state index is 13.3. The van der Waals surface area contributed by atoms with E-state index >= 15 is 0 Å². The SMILES string of the molecule is N#Cc1ccc(CNC(=O)[C@@H](CC2CCCCC2)Nc2cc(-n3cccc3)nc(N)n2)c(Cl)c1. The number of hydrogen-bond acceptors (Lipinski definition) is 6. The second kappa shape index (κ2) is 11.0. The Kier molecular flexibility index (Phi) is 7.65.